The number of aryl methyl sites for hydroxylation is 1. The van der Waals surface area contributed by atoms with Crippen molar-refractivity contribution in [2.24, 2.45) is 0 Å². The molecule has 31 heavy (non-hydrogen) atoms. The fourth-order valence-corrected chi connectivity index (χ4v) is 5.12. The highest BCUT2D eigenvalue weighted by Crippen LogP contribution is 2.28. The number of benzene rings is 3. The Balaban J connectivity index is 1.53. The molecular weight excluding hydrogens is 412 g/mol. The normalized spacial score (nSPS) is 14.0. The molecule has 3 aromatic carbocycles. The van der Waals surface area contributed by atoms with Gasteiger partial charge >= 0.3 is 0 Å². The van der Waals surface area contributed by atoms with Gasteiger partial charge in [0.15, 0.2) is 0 Å². The van der Waals surface area contributed by atoms with E-state index in [1.807, 2.05) is 43.3 Å². The Morgan fingerprint density at radius 2 is 1.77 bits per heavy atom. The van der Waals surface area contributed by atoms with Crippen LogP contribution in [0.2, 0.25) is 0 Å². The van der Waals surface area contributed by atoms with Gasteiger partial charge in [-0.05, 0) is 73.0 Å². The molecule has 0 aliphatic carbocycles. The molecule has 1 N–H and O–H groups in total. The number of fused-ring (bicyclic) bond motifs is 1. The molecule has 3 aromatic rings. The van der Waals surface area contributed by atoms with Crippen molar-refractivity contribution >= 4 is 21.6 Å². The zero-order valence-electron chi connectivity index (χ0n) is 17.5. The van der Waals surface area contributed by atoms with Gasteiger partial charge in [-0.1, -0.05) is 23.8 Å². The topological polar surface area (TPSA) is 75.7 Å². The second kappa shape index (κ2) is 8.53. The maximum atomic E-state index is 13.1. The standard InChI is InChI=1S/C24H24N2O4S/c1-17-4-3-5-19(14-17)24(27)25-21-7-6-18-12-13-26(16-20(18)15-21)31(28,29)23-10-8-22(30-2)9-11-23/h3-11,14-15H,12-13,16H2,1-2H3,(H,25,27). The van der Waals surface area contributed by atoms with Crippen LogP contribution in [-0.4, -0.2) is 32.3 Å². The first-order valence-corrected chi connectivity index (χ1v) is 11.4. The van der Waals surface area contributed by atoms with Crippen LogP contribution in [0.5, 0.6) is 5.75 Å². The van der Waals surface area contributed by atoms with E-state index in [0.717, 1.165) is 16.7 Å². The molecule has 1 aliphatic rings. The number of carbonyl (C=O) groups is 1. The third-order valence-corrected chi connectivity index (χ3v) is 7.28. The molecule has 0 saturated heterocycles. The molecule has 0 spiro atoms. The van der Waals surface area contributed by atoms with Crippen molar-refractivity contribution in [3.05, 3.63) is 89.0 Å². The molecule has 4 rings (SSSR count). The van der Waals surface area contributed by atoms with Gasteiger partial charge in [0.05, 0.1) is 12.0 Å². The Hall–Kier alpha value is -3.16. The number of hydrogen-bond donors (Lipinski definition) is 1. The molecule has 0 unspecified atom stereocenters. The van der Waals surface area contributed by atoms with Gasteiger partial charge in [0.2, 0.25) is 10.0 Å². The summed E-state index contributed by atoms with van der Waals surface area (Å²) in [4.78, 5) is 12.8. The van der Waals surface area contributed by atoms with E-state index < -0.39 is 10.0 Å². The van der Waals surface area contributed by atoms with E-state index in [1.165, 1.54) is 4.31 Å². The van der Waals surface area contributed by atoms with Crippen LogP contribution in [-0.2, 0) is 23.0 Å². The molecule has 0 atom stereocenters. The van der Waals surface area contributed by atoms with Crippen LogP contribution in [0.1, 0.15) is 27.0 Å². The number of amides is 1. The number of hydrogen-bond acceptors (Lipinski definition) is 4. The number of carbonyl (C=O) groups excluding carboxylic acids is 1. The van der Waals surface area contributed by atoms with Crippen LogP contribution in [0, 0.1) is 6.92 Å². The van der Waals surface area contributed by atoms with E-state index >= 15 is 0 Å². The first kappa shape index (κ1) is 21.1. The van der Waals surface area contributed by atoms with Crippen molar-refractivity contribution in [3.63, 3.8) is 0 Å². The first-order chi connectivity index (χ1) is 14.9. The molecular formula is C24H24N2O4S. The fraction of sp³-hybridized carbons (Fsp3) is 0.208. The quantitative estimate of drug-likeness (QED) is 0.656. The van der Waals surface area contributed by atoms with Crippen molar-refractivity contribution < 1.29 is 17.9 Å². The van der Waals surface area contributed by atoms with Gasteiger partial charge in [0.25, 0.3) is 5.91 Å². The number of nitrogens with one attached hydrogen (secondary N) is 1. The lowest BCUT2D eigenvalue weighted by atomic mass is 10.0. The molecule has 0 radical (unpaired) electrons. The Morgan fingerprint density at radius 3 is 2.48 bits per heavy atom. The zero-order chi connectivity index (χ0) is 22.0. The summed E-state index contributed by atoms with van der Waals surface area (Å²) in [6.07, 6.45) is 0.622. The molecule has 0 bridgehead atoms. The van der Waals surface area contributed by atoms with Crippen LogP contribution in [0.4, 0.5) is 5.69 Å². The lowest BCUT2D eigenvalue weighted by molar-refractivity contribution is 0.102. The molecule has 6 nitrogen and oxygen atoms in total. The minimum Gasteiger partial charge on any atom is -0.497 e. The van der Waals surface area contributed by atoms with Gasteiger partial charge < -0.3 is 10.1 Å². The predicted octanol–water partition coefficient (Wildman–Crippen LogP) is 4.00. The zero-order valence-corrected chi connectivity index (χ0v) is 18.3. The summed E-state index contributed by atoms with van der Waals surface area (Å²) >= 11 is 0. The smallest absolute Gasteiger partial charge is 0.255 e. The van der Waals surface area contributed by atoms with Crippen molar-refractivity contribution in [2.45, 2.75) is 24.8 Å². The van der Waals surface area contributed by atoms with Gasteiger partial charge in [0, 0.05) is 24.3 Å². The SMILES string of the molecule is COc1ccc(S(=O)(=O)N2CCc3ccc(NC(=O)c4cccc(C)c4)cc3C2)cc1. The average molecular weight is 437 g/mol. The molecule has 7 heteroatoms. The number of sulfonamides is 1. The van der Waals surface area contributed by atoms with Crippen LogP contribution in [0.25, 0.3) is 0 Å². The number of anilines is 1. The second-order valence-electron chi connectivity index (χ2n) is 7.57. The highest BCUT2D eigenvalue weighted by Gasteiger charge is 2.28. The van der Waals surface area contributed by atoms with Crippen molar-refractivity contribution in [1.29, 1.82) is 0 Å². The summed E-state index contributed by atoms with van der Waals surface area (Å²) in [5, 5.41) is 2.91. The van der Waals surface area contributed by atoms with Crippen LogP contribution in [0.3, 0.4) is 0 Å². The average Bonchev–Trinajstić information content (AvgIpc) is 2.78. The van der Waals surface area contributed by atoms with Crippen LogP contribution >= 0.6 is 0 Å². The summed E-state index contributed by atoms with van der Waals surface area (Å²) in [6, 6.07) is 19.5. The van der Waals surface area contributed by atoms with E-state index in [2.05, 4.69) is 5.32 Å². The summed E-state index contributed by atoms with van der Waals surface area (Å²) in [7, 11) is -2.08. The van der Waals surface area contributed by atoms with E-state index in [4.69, 9.17) is 4.74 Å². The van der Waals surface area contributed by atoms with Crippen molar-refractivity contribution in [1.82, 2.24) is 4.31 Å². The van der Waals surface area contributed by atoms with Crippen molar-refractivity contribution in [3.8, 4) is 5.75 Å². The maximum absolute atomic E-state index is 13.1. The van der Waals surface area contributed by atoms with Crippen LogP contribution < -0.4 is 10.1 Å². The lowest BCUT2D eigenvalue weighted by Gasteiger charge is -2.28. The highest BCUT2D eigenvalue weighted by molar-refractivity contribution is 7.89. The number of methoxy groups -OCH3 is 1. The molecule has 160 valence electrons. The van der Waals surface area contributed by atoms with E-state index in [0.29, 0.717) is 30.0 Å². The largest absolute Gasteiger partial charge is 0.497 e. The molecule has 1 heterocycles. The summed E-state index contributed by atoms with van der Waals surface area (Å²) in [5.41, 5.74) is 4.23. The third kappa shape index (κ3) is 4.47. The Kier molecular flexibility index (Phi) is 5.80. The number of rotatable bonds is 5. The van der Waals surface area contributed by atoms with Gasteiger partial charge in [-0.3, -0.25) is 4.79 Å². The fourth-order valence-electron chi connectivity index (χ4n) is 3.70. The first-order valence-electron chi connectivity index (χ1n) is 10.0. The minimum atomic E-state index is -3.62. The number of nitrogens with zero attached hydrogens (tertiary/aromatic N) is 1. The molecule has 0 saturated carbocycles. The van der Waals surface area contributed by atoms with Gasteiger partial charge in [-0.2, -0.15) is 4.31 Å². The monoisotopic (exact) mass is 436 g/mol. The molecule has 0 aromatic heterocycles. The van der Waals surface area contributed by atoms with Gasteiger partial charge in [-0.25, -0.2) is 8.42 Å². The third-order valence-electron chi connectivity index (χ3n) is 5.42. The minimum absolute atomic E-state index is 0.192. The molecule has 1 amide bonds. The maximum Gasteiger partial charge on any atom is 0.255 e. The molecule has 1 aliphatic heterocycles. The number of ether oxygens (including phenoxy) is 1. The summed E-state index contributed by atoms with van der Waals surface area (Å²) < 4.78 is 32.8. The highest BCUT2D eigenvalue weighted by atomic mass is 32.2. The van der Waals surface area contributed by atoms with Crippen LogP contribution in [0.15, 0.2) is 71.6 Å². The lowest BCUT2D eigenvalue weighted by Crippen LogP contribution is -2.36. The van der Waals surface area contributed by atoms with E-state index in [1.54, 1.807) is 37.4 Å². The molecule has 0 fully saturated rings. The summed E-state index contributed by atoms with van der Waals surface area (Å²) in [6.45, 7) is 2.61. The summed E-state index contributed by atoms with van der Waals surface area (Å²) in [5.74, 6) is 0.416. The van der Waals surface area contributed by atoms with E-state index in [-0.39, 0.29) is 17.3 Å². The second-order valence-corrected chi connectivity index (χ2v) is 9.51. The van der Waals surface area contributed by atoms with Gasteiger partial charge in [0.1, 0.15) is 5.75 Å². The Bertz CT molecular complexity index is 1220. The van der Waals surface area contributed by atoms with Gasteiger partial charge in [-0.15, -0.1) is 0 Å². The van der Waals surface area contributed by atoms with Crippen molar-refractivity contribution in [2.75, 3.05) is 19.0 Å². The van der Waals surface area contributed by atoms with E-state index in [9.17, 15) is 13.2 Å². The predicted molar refractivity (Wildman–Crippen MR) is 120 cm³/mol. The Labute approximate surface area is 182 Å². The Morgan fingerprint density at radius 1 is 1.00 bits per heavy atom.